The van der Waals surface area contributed by atoms with Crippen molar-refractivity contribution in [1.82, 2.24) is 9.78 Å². The van der Waals surface area contributed by atoms with Crippen LogP contribution in [0.5, 0.6) is 5.75 Å². The molecule has 0 bridgehead atoms. The first-order valence-electron chi connectivity index (χ1n) is 10.0. The van der Waals surface area contributed by atoms with Crippen LogP contribution in [0.25, 0.3) is 5.69 Å². The van der Waals surface area contributed by atoms with Crippen LogP contribution in [0.3, 0.4) is 0 Å². The molecule has 0 spiro atoms. The number of ether oxygens (including phenoxy) is 1. The van der Waals surface area contributed by atoms with Crippen LogP contribution in [-0.4, -0.2) is 22.6 Å². The molecule has 1 heterocycles. The molecule has 0 unspecified atom stereocenters. The molecular weight excluding hydrogens is 400 g/mol. The zero-order chi connectivity index (χ0) is 21.2. The monoisotopic (exact) mass is 424 g/mol. The Morgan fingerprint density at radius 1 is 1.13 bits per heavy atom. The number of anilines is 1. The molecule has 30 heavy (non-hydrogen) atoms. The quantitative estimate of drug-likeness (QED) is 0.272. The van der Waals surface area contributed by atoms with E-state index in [9.17, 15) is 4.79 Å². The second-order valence-electron chi connectivity index (χ2n) is 6.78. The van der Waals surface area contributed by atoms with Gasteiger partial charge in [-0.25, -0.2) is 0 Å². The molecule has 7 heteroatoms. The van der Waals surface area contributed by atoms with E-state index in [1.54, 1.807) is 18.3 Å². The molecule has 6 nitrogen and oxygen atoms in total. The zero-order valence-corrected chi connectivity index (χ0v) is 17.7. The lowest BCUT2D eigenvalue weighted by Gasteiger charge is -2.08. The molecule has 0 aliphatic carbocycles. The highest BCUT2D eigenvalue weighted by molar-refractivity contribution is 6.32. The summed E-state index contributed by atoms with van der Waals surface area (Å²) in [6, 6.07) is 16.8. The van der Waals surface area contributed by atoms with Crippen LogP contribution in [-0.2, 0) is 0 Å². The lowest BCUT2D eigenvalue weighted by atomic mass is 10.2. The average Bonchev–Trinajstić information content (AvgIpc) is 2.77. The van der Waals surface area contributed by atoms with Gasteiger partial charge in [0.1, 0.15) is 16.5 Å². The standard InChI is InChI=1S/C23H25ClN4O2/c1-2-3-4-8-14-30-20-13-9-10-18(15-20)16-25-27-21-17-26-28(23(29)22(21)24)19-11-6-5-7-12-19/h5-7,9-13,15-17,27H,2-4,8,14H2,1H3/b25-16+. The van der Waals surface area contributed by atoms with Gasteiger partial charge in [0.05, 0.1) is 24.7 Å². The Hall–Kier alpha value is -3.12. The number of unbranched alkanes of at least 4 members (excludes halogenated alkanes) is 3. The van der Waals surface area contributed by atoms with E-state index in [-0.39, 0.29) is 5.02 Å². The normalized spacial score (nSPS) is 11.0. The van der Waals surface area contributed by atoms with E-state index in [0.717, 1.165) is 17.7 Å². The molecule has 0 radical (unpaired) electrons. The second-order valence-corrected chi connectivity index (χ2v) is 7.15. The van der Waals surface area contributed by atoms with Gasteiger partial charge in [-0.2, -0.15) is 14.9 Å². The number of hydrogen-bond acceptors (Lipinski definition) is 5. The summed E-state index contributed by atoms with van der Waals surface area (Å²) in [4.78, 5) is 12.5. The second kappa shape index (κ2) is 11.2. The third-order valence-corrected chi connectivity index (χ3v) is 4.81. The van der Waals surface area contributed by atoms with Crippen molar-refractivity contribution < 1.29 is 4.74 Å². The number of rotatable bonds is 10. The van der Waals surface area contributed by atoms with Crippen molar-refractivity contribution in [2.24, 2.45) is 5.10 Å². The van der Waals surface area contributed by atoms with Gasteiger partial charge in [0.15, 0.2) is 0 Å². The van der Waals surface area contributed by atoms with E-state index < -0.39 is 5.56 Å². The van der Waals surface area contributed by atoms with Gasteiger partial charge in [0, 0.05) is 0 Å². The number of para-hydroxylation sites is 1. The molecular formula is C23H25ClN4O2. The van der Waals surface area contributed by atoms with E-state index in [1.165, 1.54) is 30.1 Å². The van der Waals surface area contributed by atoms with Crippen molar-refractivity contribution in [3.63, 3.8) is 0 Å². The van der Waals surface area contributed by atoms with Gasteiger partial charge in [-0.15, -0.1) is 0 Å². The minimum absolute atomic E-state index is 0.0233. The highest BCUT2D eigenvalue weighted by atomic mass is 35.5. The maximum Gasteiger partial charge on any atom is 0.292 e. The highest BCUT2D eigenvalue weighted by Crippen LogP contribution is 2.17. The van der Waals surface area contributed by atoms with E-state index in [2.05, 4.69) is 22.5 Å². The molecule has 0 aliphatic rings. The Bertz CT molecular complexity index is 1030. The van der Waals surface area contributed by atoms with Gasteiger partial charge >= 0.3 is 0 Å². The average molecular weight is 425 g/mol. The van der Waals surface area contributed by atoms with Crippen LogP contribution in [0.2, 0.25) is 5.02 Å². The number of nitrogens with zero attached hydrogens (tertiary/aromatic N) is 3. The predicted octanol–water partition coefficient (Wildman–Crippen LogP) is 5.29. The van der Waals surface area contributed by atoms with Crippen molar-refractivity contribution in [3.05, 3.63) is 81.7 Å². The van der Waals surface area contributed by atoms with E-state index in [0.29, 0.717) is 18.0 Å². The molecule has 1 N–H and O–H groups in total. The maximum atomic E-state index is 12.5. The minimum atomic E-state index is -0.415. The van der Waals surface area contributed by atoms with Gasteiger partial charge in [-0.1, -0.05) is 68.1 Å². The Kier molecular flexibility index (Phi) is 8.03. The van der Waals surface area contributed by atoms with Crippen molar-refractivity contribution in [2.75, 3.05) is 12.0 Å². The number of hydrazone groups is 1. The van der Waals surface area contributed by atoms with Crippen molar-refractivity contribution in [1.29, 1.82) is 0 Å². The van der Waals surface area contributed by atoms with Gasteiger partial charge in [-0.05, 0) is 36.2 Å². The molecule has 0 fully saturated rings. The Morgan fingerprint density at radius 2 is 1.97 bits per heavy atom. The third-order valence-electron chi connectivity index (χ3n) is 4.44. The molecule has 0 saturated heterocycles. The summed E-state index contributed by atoms with van der Waals surface area (Å²) in [7, 11) is 0. The first-order valence-corrected chi connectivity index (χ1v) is 10.4. The van der Waals surface area contributed by atoms with Gasteiger partial charge < -0.3 is 4.74 Å². The first kappa shape index (κ1) is 21.6. The van der Waals surface area contributed by atoms with Crippen LogP contribution < -0.4 is 15.7 Å². The largest absolute Gasteiger partial charge is 0.494 e. The number of halogens is 1. The predicted molar refractivity (Wildman–Crippen MR) is 122 cm³/mol. The number of benzene rings is 2. The zero-order valence-electron chi connectivity index (χ0n) is 16.9. The molecule has 3 rings (SSSR count). The van der Waals surface area contributed by atoms with Crippen molar-refractivity contribution in [2.45, 2.75) is 32.6 Å². The lowest BCUT2D eigenvalue weighted by Crippen LogP contribution is -2.22. The minimum Gasteiger partial charge on any atom is -0.494 e. The lowest BCUT2D eigenvalue weighted by molar-refractivity contribution is 0.305. The van der Waals surface area contributed by atoms with E-state index in [1.807, 2.05) is 42.5 Å². The topological polar surface area (TPSA) is 68.5 Å². The summed E-state index contributed by atoms with van der Waals surface area (Å²) in [5.74, 6) is 0.806. The number of aromatic nitrogens is 2. The molecule has 0 atom stereocenters. The van der Waals surface area contributed by atoms with Crippen molar-refractivity contribution >= 4 is 23.5 Å². The number of hydrogen-bond donors (Lipinski definition) is 1. The Labute approximate surface area is 181 Å². The molecule has 2 aromatic carbocycles. The SMILES string of the molecule is CCCCCCOc1cccc(/C=N/Nc2cnn(-c3ccccc3)c(=O)c2Cl)c1. The van der Waals surface area contributed by atoms with E-state index in [4.69, 9.17) is 16.3 Å². The molecule has 0 saturated carbocycles. The van der Waals surface area contributed by atoms with Crippen LogP contribution in [0, 0.1) is 0 Å². The summed E-state index contributed by atoms with van der Waals surface area (Å²) < 4.78 is 7.04. The summed E-state index contributed by atoms with van der Waals surface area (Å²) in [5, 5.41) is 8.37. The van der Waals surface area contributed by atoms with Crippen LogP contribution in [0.4, 0.5) is 5.69 Å². The van der Waals surface area contributed by atoms with Gasteiger partial charge in [0.2, 0.25) is 0 Å². The Balaban J connectivity index is 1.62. The summed E-state index contributed by atoms with van der Waals surface area (Å²) in [6.07, 6.45) is 7.79. The smallest absolute Gasteiger partial charge is 0.292 e. The fourth-order valence-electron chi connectivity index (χ4n) is 2.84. The van der Waals surface area contributed by atoms with Crippen molar-refractivity contribution in [3.8, 4) is 11.4 Å². The first-order chi connectivity index (χ1) is 14.7. The Morgan fingerprint density at radius 3 is 2.77 bits per heavy atom. The summed E-state index contributed by atoms with van der Waals surface area (Å²) in [6.45, 7) is 2.90. The molecule has 0 aliphatic heterocycles. The molecule has 3 aromatic rings. The molecule has 0 amide bonds. The van der Waals surface area contributed by atoms with Crippen LogP contribution in [0.15, 0.2) is 70.7 Å². The van der Waals surface area contributed by atoms with E-state index >= 15 is 0 Å². The number of nitrogens with one attached hydrogen (secondary N) is 1. The maximum absolute atomic E-state index is 12.5. The fourth-order valence-corrected chi connectivity index (χ4v) is 3.01. The summed E-state index contributed by atoms with van der Waals surface area (Å²) >= 11 is 6.22. The molecule has 1 aromatic heterocycles. The highest BCUT2D eigenvalue weighted by Gasteiger charge is 2.09. The fraction of sp³-hybridized carbons (Fsp3) is 0.261. The van der Waals surface area contributed by atoms with Gasteiger partial charge in [0.25, 0.3) is 5.56 Å². The summed E-state index contributed by atoms with van der Waals surface area (Å²) in [5.41, 5.74) is 4.23. The van der Waals surface area contributed by atoms with Gasteiger partial charge in [-0.3, -0.25) is 10.2 Å². The third kappa shape index (κ3) is 5.94. The molecule has 156 valence electrons. The van der Waals surface area contributed by atoms with Crippen LogP contribution in [0.1, 0.15) is 38.2 Å². The van der Waals surface area contributed by atoms with Crippen LogP contribution >= 0.6 is 11.6 Å².